The normalized spacial score (nSPS) is 26.5. The Hall–Kier alpha value is -2.84. The summed E-state index contributed by atoms with van der Waals surface area (Å²) in [5, 5.41) is 9.05. The number of carbonyl (C=O) groups is 3. The number of nitrogens with one attached hydrogen (secondary N) is 1. The molecule has 1 aliphatic carbocycles. The molecule has 3 atom stereocenters. The summed E-state index contributed by atoms with van der Waals surface area (Å²) in [6.45, 7) is 10.3. The first kappa shape index (κ1) is 27.7. The topological polar surface area (TPSA) is 93.5 Å². The lowest BCUT2D eigenvalue weighted by molar-refractivity contribution is -0.139. The van der Waals surface area contributed by atoms with Crippen LogP contribution >= 0.6 is 0 Å². The van der Waals surface area contributed by atoms with E-state index >= 15 is 0 Å². The van der Waals surface area contributed by atoms with Crippen molar-refractivity contribution >= 4 is 28.4 Å². The van der Waals surface area contributed by atoms with Crippen LogP contribution in [0, 0.1) is 11.3 Å². The Kier molecular flexibility index (Phi) is 8.06. The van der Waals surface area contributed by atoms with Crippen molar-refractivity contribution in [1.29, 1.82) is 0 Å². The van der Waals surface area contributed by atoms with Crippen LogP contribution in [0.2, 0.25) is 0 Å². The molecule has 1 saturated heterocycles. The molecule has 0 radical (unpaired) electrons. The molecule has 0 spiro atoms. The fourth-order valence-corrected chi connectivity index (χ4v) is 6.42. The number of hydrogen-bond donors (Lipinski definition) is 1. The number of hydrogen-bond acceptors (Lipinski definition) is 6. The summed E-state index contributed by atoms with van der Waals surface area (Å²) in [7, 11) is 0. The molecule has 1 saturated carbocycles. The Balaban J connectivity index is 1.56. The van der Waals surface area contributed by atoms with Gasteiger partial charge in [0.2, 0.25) is 5.91 Å². The third-order valence-electron chi connectivity index (χ3n) is 8.61. The lowest BCUT2D eigenvalue weighted by Gasteiger charge is -2.26. The van der Waals surface area contributed by atoms with Gasteiger partial charge in [-0.25, -0.2) is 0 Å². The highest BCUT2D eigenvalue weighted by Gasteiger charge is 2.66. The van der Waals surface area contributed by atoms with Crippen molar-refractivity contribution in [1.82, 2.24) is 20.0 Å². The number of nitrogens with zero attached hydrogens (tertiary/aromatic N) is 3. The molecular formula is C31H42N4O4. The minimum Gasteiger partial charge on any atom is -0.377 e. The number of ketones is 2. The quantitative estimate of drug-likeness (QED) is 0.440. The third kappa shape index (κ3) is 5.59. The van der Waals surface area contributed by atoms with Crippen molar-refractivity contribution in [3.8, 4) is 0 Å². The van der Waals surface area contributed by atoms with E-state index in [0.29, 0.717) is 44.2 Å². The monoisotopic (exact) mass is 534 g/mol. The van der Waals surface area contributed by atoms with E-state index in [1.165, 1.54) is 12.5 Å². The van der Waals surface area contributed by atoms with Gasteiger partial charge >= 0.3 is 0 Å². The van der Waals surface area contributed by atoms with Crippen LogP contribution in [0.25, 0.3) is 10.9 Å². The molecule has 2 aromatic rings. The van der Waals surface area contributed by atoms with E-state index in [1.807, 2.05) is 11.8 Å². The highest BCUT2D eigenvalue weighted by Crippen LogP contribution is 2.60. The van der Waals surface area contributed by atoms with E-state index in [-0.39, 0.29) is 35.5 Å². The second-order valence-corrected chi connectivity index (χ2v) is 12.0. The molecule has 5 rings (SSSR count). The second kappa shape index (κ2) is 11.3. The number of aromatic nitrogens is 2. The Morgan fingerprint density at radius 3 is 2.79 bits per heavy atom. The Labute approximate surface area is 231 Å². The molecule has 2 aliphatic heterocycles. The van der Waals surface area contributed by atoms with Crippen LogP contribution in [0.15, 0.2) is 24.3 Å². The molecule has 8 heteroatoms. The molecular weight excluding hydrogens is 492 g/mol. The van der Waals surface area contributed by atoms with Gasteiger partial charge in [-0.15, -0.1) is 0 Å². The lowest BCUT2D eigenvalue weighted by atomic mass is 9.97. The summed E-state index contributed by atoms with van der Waals surface area (Å²) in [4.78, 5) is 41.4. The first-order chi connectivity index (χ1) is 18.7. The number of Topliss-reactive ketones (excluding diaryl/α,β-unsaturated/α-hetero) is 2. The first-order valence-corrected chi connectivity index (χ1v) is 14.5. The number of aryl methyl sites for hydroxylation is 1. The fourth-order valence-electron chi connectivity index (χ4n) is 6.42. The Bertz CT molecular complexity index is 1300. The van der Waals surface area contributed by atoms with Gasteiger partial charge in [0.25, 0.3) is 0 Å². The van der Waals surface area contributed by atoms with Crippen LogP contribution < -0.4 is 5.32 Å². The molecule has 8 nitrogen and oxygen atoms in total. The molecule has 1 aromatic heterocycles. The van der Waals surface area contributed by atoms with Crippen molar-refractivity contribution in [3.63, 3.8) is 0 Å². The summed E-state index contributed by atoms with van der Waals surface area (Å²) in [5.41, 5.74) is 3.32. The maximum atomic E-state index is 13.9. The molecule has 0 unspecified atom stereocenters. The Morgan fingerprint density at radius 2 is 2.05 bits per heavy atom. The Morgan fingerprint density at radius 1 is 1.23 bits per heavy atom. The van der Waals surface area contributed by atoms with Crippen LogP contribution in [-0.4, -0.2) is 64.0 Å². The molecule has 1 aromatic carbocycles. The predicted molar refractivity (Wildman–Crippen MR) is 151 cm³/mol. The highest BCUT2D eigenvalue weighted by molar-refractivity contribution is 6.06. The van der Waals surface area contributed by atoms with Gasteiger partial charge in [-0.2, -0.15) is 5.10 Å². The van der Waals surface area contributed by atoms with Crippen molar-refractivity contribution in [2.75, 3.05) is 19.8 Å². The van der Waals surface area contributed by atoms with Gasteiger partial charge in [0, 0.05) is 36.7 Å². The summed E-state index contributed by atoms with van der Waals surface area (Å²) >= 11 is 0. The lowest BCUT2D eigenvalue weighted by Crippen LogP contribution is -2.44. The number of amides is 1. The number of ether oxygens (including phenoxy) is 1. The molecule has 210 valence electrons. The van der Waals surface area contributed by atoms with Crippen LogP contribution in [0.5, 0.6) is 0 Å². The van der Waals surface area contributed by atoms with Gasteiger partial charge in [0.05, 0.1) is 24.8 Å². The average molecular weight is 535 g/mol. The third-order valence-corrected chi connectivity index (χ3v) is 8.61. The van der Waals surface area contributed by atoms with Crippen molar-refractivity contribution < 1.29 is 19.1 Å². The number of carbonyl (C=O) groups excluding carboxylic acids is 3. The number of rotatable bonds is 6. The van der Waals surface area contributed by atoms with E-state index in [2.05, 4.69) is 43.4 Å². The summed E-state index contributed by atoms with van der Waals surface area (Å²) in [6.07, 6.45) is 8.96. The molecule has 1 N–H and O–H groups in total. The number of piperidine rings is 1. The summed E-state index contributed by atoms with van der Waals surface area (Å²) < 4.78 is 7.71. The van der Waals surface area contributed by atoms with Gasteiger partial charge in [-0.3, -0.25) is 19.1 Å². The first-order valence-electron chi connectivity index (χ1n) is 14.5. The van der Waals surface area contributed by atoms with Gasteiger partial charge in [-0.1, -0.05) is 39.0 Å². The number of benzene rings is 1. The van der Waals surface area contributed by atoms with E-state index in [4.69, 9.17) is 9.84 Å². The van der Waals surface area contributed by atoms with E-state index < -0.39 is 6.04 Å². The van der Waals surface area contributed by atoms with Crippen LogP contribution in [0.1, 0.15) is 81.4 Å². The molecule has 2 fully saturated rings. The van der Waals surface area contributed by atoms with Gasteiger partial charge in [0.15, 0.2) is 11.6 Å². The van der Waals surface area contributed by atoms with Gasteiger partial charge in [-0.05, 0) is 61.8 Å². The van der Waals surface area contributed by atoms with E-state index in [0.717, 1.165) is 48.7 Å². The minimum absolute atomic E-state index is 0.00457. The fraction of sp³-hybridized carbons (Fsp3) is 0.613. The largest absolute Gasteiger partial charge is 0.377 e. The minimum atomic E-state index is -0.419. The van der Waals surface area contributed by atoms with Crippen LogP contribution in [-0.2, 0) is 33.8 Å². The maximum absolute atomic E-state index is 13.9. The zero-order valence-electron chi connectivity index (χ0n) is 23.8. The van der Waals surface area contributed by atoms with Gasteiger partial charge < -0.3 is 15.0 Å². The van der Waals surface area contributed by atoms with Crippen molar-refractivity contribution in [2.24, 2.45) is 11.3 Å². The summed E-state index contributed by atoms with van der Waals surface area (Å²) in [5.74, 6) is 0.440. The average Bonchev–Trinajstić information content (AvgIpc) is 3.31. The highest BCUT2D eigenvalue weighted by atomic mass is 16.5. The van der Waals surface area contributed by atoms with E-state index in [9.17, 15) is 14.4 Å². The van der Waals surface area contributed by atoms with Gasteiger partial charge in [0.1, 0.15) is 12.2 Å². The maximum Gasteiger partial charge on any atom is 0.245 e. The van der Waals surface area contributed by atoms with Crippen LogP contribution in [0.4, 0.5) is 0 Å². The molecule has 2 bridgehead atoms. The molecule has 1 amide bonds. The van der Waals surface area contributed by atoms with E-state index in [1.54, 1.807) is 4.68 Å². The smallest absolute Gasteiger partial charge is 0.245 e. The molecule has 3 aliphatic rings. The molecule has 3 heterocycles. The van der Waals surface area contributed by atoms with Crippen LogP contribution in [0.3, 0.4) is 0 Å². The SMILES string of the molecule is CCC(=O)[C@@H]1C[C@]23COC/C=C\CCNCc4cc(CCC(C)C)cc5c(C(C)=O)nn(c45)CC(=O)N1[C@@H]2C3. The molecule has 39 heavy (non-hydrogen) atoms. The predicted octanol–water partition coefficient (Wildman–Crippen LogP) is 4.23. The van der Waals surface area contributed by atoms with Crippen molar-refractivity contribution in [2.45, 2.75) is 91.4 Å². The van der Waals surface area contributed by atoms with Crippen molar-refractivity contribution in [3.05, 3.63) is 41.1 Å². The summed E-state index contributed by atoms with van der Waals surface area (Å²) in [6, 6.07) is 3.88. The standard InChI is InChI=1S/C31H42N4O4/c1-5-26(37)25-15-31-16-27(31)35(25)28(38)18-34-30-23(17-32-11-7-6-8-12-39-19-31)13-22(10-9-20(2)3)14-24(30)29(33-34)21(4)36/h6,8,13-14,20,25,27,32H,5,7,9-12,15-19H2,1-4H3/b8-6-/t25-,27+,31-/m0/s1. The second-order valence-electron chi connectivity index (χ2n) is 12.0. The zero-order chi connectivity index (χ0) is 27.7. The zero-order valence-corrected chi connectivity index (χ0v) is 23.8.